The lowest BCUT2D eigenvalue weighted by atomic mass is 10.1. The smallest absolute Gasteiger partial charge is 0.250 e. The van der Waals surface area contributed by atoms with Gasteiger partial charge < -0.3 is 13.7 Å². The zero-order chi connectivity index (χ0) is 17.1. The number of hydrogen-bond acceptors (Lipinski definition) is 6. The zero-order valence-electron chi connectivity index (χ0n) is 13.2. The number of carbonyl (C=O) groups excluding carboxylic acids is 1. The Kier molecular flexibility index (Phi) is 4.24. The average molecular weight is 325 g/mol. The number of aromatic nitrogens is 3. The molecular weight excluding hydrogens is 310 g/mol. The summed E-state index contributed by atoms with van der Waals surface area (Å²) < 4.78 is 12.0. The number of hydrogen-bond donors (Lipinski definition) is 0. The first-order chi connectivity index (χ1) is 11.6. The number of pyridine rings is 1. The average Bonchev–Trinajstić information content (AvgIpc) is 3.11. The first-order valence-electron chi connectivity index (χ1n) is 7.23. The van der Waals surface area contributed by atoms with Crippen LogP contribution in [0.5, 0.6) is 5.75 Å². The largest absolute Gasteiger partial charge is 0.496 e. The number of rotatable bonds is 5. The molecule has 3 aromatic rings. The van der Waals surface area contributed by atoms with Crippen LogP contribution in [-0.2, 0) is 6.54 Å². The Balaban J connectivity index is 2.02. The van der Waals surface area contributed by atoms with Crippen molar-refractivity contribution >= 4 is 5.78 Å². The zero-order valence-corrected chi connectivity index (χ0v) is 13.2. The highest BCUT2D eigenvalue weighted by Crippen LogP contribution is 2.22. The maximum absolute atomic E-state index is 12.2. The molecule has 0 aliphatic rings. The van der Waals surface area contributed by atoms with E-state index in [4.69, 9.17) is 9.15 Å². The van der Waals surface area contributed by atoms with Crippen LogP contribution in [0, 0.1) is 0 Å². The number of ether oxygens (including phenoxy) is 1. The van der Waals surface area contributed by atoms with Crippen molar-refractivity contribution in [3.05, 3.63) is 64.4 Å². The molecule has 0 saturated heterocycles. The van der Waals surface area contributed by atoms with Gasteiger partial charge in [0.15, 0.2) is 5.78 Å². The maximum atomic E-state index is 12.2. The fourth-order valence-corrected chi connectivity index (χ4v) is 2.38. The number of Topliss-reactive ketones (excluding diaryl/α,β-unsaturated/α-hetero) is 1. The van der Waals surface area contributed by atoms with E-state index in [2.05, 4.69) is 10.2 Å². The molecule has 0 spiro atoms. The second kappa shape index (κ2) is 6.49. The summed E-state index contributed by atoms with van der Waals surface area (Å²) in [6, 6.07) is 8.20. The van der Waals surface area contributed by atoms with Crippen LogP contribution in [0.3, 0.4) is 0 Å². The standard InChI is InChI=1S/C17H15N3O4/c1-11(21)12-3-5-15(23-2)14(7-12)9-20-8-13(4-6-16(20)22)17-19-18-10-24-17/h3-8,10H,9H2,1-2H3. The van der Waals surface area contributed by atoms with Crippen molar-refractivity contribution in [1.29, 1.82) is 0 Å². The third-order valence-electron chi connectivity index (χ3n) is 3.62. The Morgan fingerprint density at radius 1 is 1.29 bits per heavy atom. The van der Waals surface area contributed by atoms with Crippen LogP contribution < -0.4 is 10.3 Å². The molecule has 3 rings (SSSR count). The van der Waals surface area contributed by atoms with Gasteiger partial charge in [-0.2, -0.15) is 0 Å². The summed E-state index contributed by atoms with van der Waals surface area (Å²) in [5, 5.41) is 7.47. The van der Waals surface area contributed by atoms with Crippen LogP contribution in [-0.4, -0.2) is 27.7 Å². The van der Waals surface area contributed by atoms with Crippen molar-refractivity contribution in [1.82, 2.24) is 14.8 Å². The number of nitrogens with zero attached hydrogens (tertiary/aromatic N) is 3. The fourth-order valence-electron chi connectivity index (χ4n) is 2.38. The molecule has 0 aliphatic heterocycles. The van der Waals surface area contributed by atoms with Crippen LogP contribution in [0.4, 0.5) is 0 Å². The predicted octanol–water partition coefficient (Wildman–Crippen LogP) is 2.16. The molecule has 2 heterocycles. The summed E-state index contributed by atoms with van der Waals surface area (Å²) in [5.41, 5.74) is 1.74. The molecule has 7 heteroatoms. The van der Waals surface area contributed by atoms with Crippen molar-refractivity contribution in [2.45, 2.75) is 13.5 Å². The Labute approximate surface area is 137 Å². The van der Waals surface area contributed by atoms with E-state index in [1.165, 1.54) is 24.0 Å². The quantitative estimate of drug-likeness (QED) is 0.668. The fraction of sp³-hybridized carbons (Fsp3) is 0.176. The summed E-state index contributed by atoms with van der Waals surface area (Å²) in [6.07, 6.45) is 2.86. The molecule has 0 fully saturated rings. The van der Waals surface area contributed by atoms with Crippen molar-refractivity contribution in [3.63, 3.8) is 0 Å². The third kappa shape index (κ3) is 3.10. The summed E-state index contributed by atoms with van der Waals surface area (Å²) >= 11 is 0. The molecule has 0 N–H and O–H groups in total. The molecule has 24 heavy (non-hydrogen) atoms. The van der Waals surface area contributed by atoms with E-state index < -0.39 is 0 Å². The van der Waals surface area contributed by atoms with Gasteiger partial charge in [-0.15, -0.1) is 10.2 Å². The highest BCUT2D eigenvalue weighted by Gasteiger charge is 2.11. The highest BCUT2D eigenvalue weighted by atomic mass is 16.5. The Morgan fingerprint density at radius 3 is 2.79 bits per heavy atom. The van der Waals surface area contributed by atoms with E-state index in [0.29, 0.717) is 22.8 Å². The summed E-state index contributed by atoms with van der Waals surface area (Å²) in [7, 11) is 1.55. The summed E-state index contributed by atoms with van der Waals surface area (Å²) in [4.78, 5) is 23.7. The number of methoxy groups -OCH3 is 1. The summed E-state index contributed by atoms with van der Waals surface area (Å²) in [6.45, 7) is 1.75. The maximum Gasteiger partial charge on any atom is 0.250 e. The van der Waals surface area contributed by atoms with E-state index in [-0.39, 0.29) is 17.9 Å². The number of carbonyl (C=O) groups is 1. The minimum absolute atomic E-state index is 0.0501. The molecule has 0 bridgehead atoms. The van der Waals surface area contributed by atoms with E-state index in [0.717, 1.165) is 5.56 Å². The van der Waals surface area contributed by atoms with Gasteiger partial charge in [-0.25, -0.2) is 0 Å². The third-order valence-corrected chi connectivity index (χ3v) is 3.62. The Hall–Kier alpha value is -3.22. The van der Waals surface area contributed by atoms with Gasteiger partial charge in [0.2, 0.25) is 12.3 Å². The molecule has 122 valence electrons. The predicted molar refractivity (Wildman–Crippen MR) is 86.1 cm³/mol. The van der Waals surface area contributed by atoms with Crippen LogP contribution in [0.15, 0.2) is 52.1 Å². The van der Waals surface area contributed by atoms with E-state index in [9.17, 15) is 9.59 Å². The van der Waals surface area contributed by atoms with Crippen LogP contribution in [0.2, 0.25) is 0 Å². The normalized spacial score (nSPS) is 10.6. The van der Waals surface area contributed by atoms with Gasteiger partial charge in [0.05, 0.1) is 19.2 Å². The summed E-state index contributed by atoms with van der Waals surface area (Å²) in [5.74, 6) is 0.883. The van der Waals surface area contributed by atoms with Gasteiger partial charge in [-0.1, -0.05) is 0 Å². The molecule has 2 aromatic heterocycles. The van der Waals surface area contributed by atoms with Gasteiger partial charge in [-0.05, 0) is 31.2 Å². The van der Waals surface area contributed by atoms with E-state index in [1.807, 2.05) is 0 Å². The van der Waals surface area contributed by atoms with Gasteiger partial charge in [0, 0.05) is 23.4 Å². The molecule has 1 aromatic carbocycles. The molecular formula is C17H15N3O4. The first kappa shape index (κ1) is 15.7. The second-order valence-electron chi connectivity index (χ2n) is 5.21. The Morgan fingerprint density at radius 2 is 2.12 bits per heavy atom. The van der Waals surface area contributed by atoms with Gasteiger partial charge >= 0.3 is 0 Å². The van der Waals surface area contributed by atoms with Crippen LogP contribution >= 0.6 is 0 Å². The molecule has 0 saturated carbocycles. The van der Waals surface area contributed by atoms with Crippen LogP contribution in [0.1, 0.15) is 22.8 Å². The van der Waals surface area contributed by atoms with Crippen molar-refractivity contribution in [3.8, 4) is 17.2 Å². The minimum Gasteiger partial charge on any atom is -0.496 e. The van der Waals surface area contributed by atoms with Crippen molar-refractivity contribution < 1.29 is 13.9 Å². The highest BCUT2D eigenvalue weighted by molar-refractivity contribution is 5.94. The van der Waals surface area contributed by atoms with Gasteiger partial charge in [-0.3, -0.25) is 9.59 Å². The molecule has 0 amide bonds. The molecule has 0 aliphatic carbocycles. The van der Waals surface area contributed by atoms with Crippen molar-refractivity contribution in [2.24, 2.45) is 0 Å². The SMILES string of the molecule is COc1ccc(C(C)=O)cc1Cn1cc(-c2nnco2)ccc1=O. The van der Waals surface area contributed by atoms with E-state index >= 15 is 0 Å². The minimum atomic E-state index is -0.187. The van der Waals surface area contributed by atoms with Crippen molar-refractivity contribution in [2.75, 3.05) is 7.11 Å². The molecule has 0 radical (unpaired) electrons. The number of benzene rings is 1. The first-order valence-corrected chi connectivity index (χ1v) is 7.23. The molecule has 0 atom stereocenters. The second-order valence-corrected chi connectivity index (χ2v) is 5.21. The molecule has 0 unspecified atom stereocenters. The lowest BCUT2D eigenvalue weighted by molar-refractivity contribution is 0.101. The van der Waals surface area contributed by atoms with E-state index in [1.54, 1.807) is 37.6 Å². The lowest BCUT2D eigenvalue weighted by Gasteiger charge is -2.12. The topological polar surface area (TPSA) is 87.2 Å². The Bertz CT molecular complexity index is 929. The number of ketones is 1. The monoisotopic (exact) mass is 325 g/mol. The van der Waals surface area contributed by atoms with Gasteiger partial charge in [0.1, 0.15) is 5.75 Å². The van der Waals surface area contributed by atoms with Crippen LogP contribution in [0.25, 0.3) is 11.5 Å². The lowest BCUT2D eigenvalue weighted by Crippen LogP contribution is -2.19. The molecule has 7 nitrogen and oxygen atoms in total. The van der Waals surface area contributed by atoms with Gasteiger partial charge in [0.25, 0.3) is 5.56 Å².